The molecule has 1 fully saturated rings. The van der Waals surface area contributed by atoms with Crippen LogP contribution in [0.5, 0.6) is 5.75 Å². The molecule has 1 amide bonds. The van der Waals surface area contributed by atoms with E-state index in [2.05, 4.69) is 36.6 Å². The molecule has 2 heterocycles. The van der Waals surface area contributed by atoms with Crippen LogP contribution in [0.3, 0.4) is 0 Å². The molecule has 3 aromatic rings. The summed E-state index contributed by atoms with van der Waals surface area (Å²) in [5.41, 5.74) is 4.46. The molecule has 5 heteroatoms. The topological polar surface area (TPSA) is 47.4 Å². The molecule has 0 aliphatic carbocycles. The lowest BCUT2D eigenvalue weighted by Crippen LogP contribution is -2.31. The van der Waals surface area contributed by atoms with Crippen LogP contribution in [0.1, 0.15) is 49.2 Å². The van der Waals surface area contributed by atoms with Crippen LogP contribution in [0.2, 0.25) is 0 Å². The number of hydrogen-bond acceptors (Lipinski definition) is 3. The van der Waals surface area contributed by atoms with Crippen LogP contribution in [0, 0.1) is 13.8 Å². The summed E-state index contributed by atoms with van der Waals surface area (Å²) in [6, 6.07) is 14.5. The Morgan fingerprint density at radius 2 is 2.03 bits per heavy atom. The van der Waals surface area contributed by atoms with Crippen molar-refractivity contribution in [3.05, 3.63) is 59.4 Å². The zero-order valence-electron chi connectivity index (χ0n) is 17.5. The monoisotopic (exact) mass is 391 g/mol. The number of carbonyl (C=O) groups is 1. The number of aromatic nitrogens is 2. The molecule has 0 saturated carbocycles. The number of carbonyl (C=O) groups excluding carboxylic acids is 1. The predicted molar refractivity (Wildman–Crippen MR) is 115 cm³/mol. The van der Waals surface area contributed by atoms with E-state index in [1.807, 2.05) is 36.1 Å². The standard InChI is InChI=1S/C24H29N3O2/c1-4-23(28)26-13-7-10-21(26)24-25-19-8-5-6-9-20(19)27(24)14-15-29-22-12-11-17(2)16-18(22)3/h5-6,8-9,11-12,16,21H,4,7,10,13-15H2,1-3H3/t21-/m1/s1. The number of para-hydroxylation sites is 2. The van der Waals surface area contributed by atoms with Gasteiger partial charge in [0.2, 0.25) is 5.91 Å². The number of amides is 1. The van der Waals surface area contributed by atoms with Gasteiger partial charge in [-0.05, 0) is 50.5 Å². The van der Waals surface area contributed by atoms with Gasteiger partial charge in [-0.25, -0.2) is 4.98 Å². The second kappa shape index (κ2) is 8.27. The van der Waals surface area contributed by atoms with Crippen LogP contribution in [0.25, 0.3) is 11.0 Å². The molecule has 0 unspecified atom stereocenters. The maximum Gasteiger partial charge on any atom is 0.222 e. The van der Waals surface area contributed by atoms with E-state index >= 15 is 0 Å². The smallest absolute Gasteiger partial charge is 0.222 e. The van der Waals surface area contributed by atoms with Gasteiger partial charge in [-0.1, -0.05) is 36.8 Å². The Balaban J connectivity index is 1.61. The molecule has 2 aromatic carbocycles. The van der Waals surface area contributed by atoms with Crippen molar-refractivity contribution in [1.82, 2.24) is 14.5 Å². The summed E-state index contributed by atoms with van der Waals surface area (Å²) in [5, 5.41) is 0. The van der Waals surface area contributed by atoms with Gasteiger partial charge in [0.05, 0.1) is 23.6 Å². The highest BCUT2D eigenvalue weighted by Gasteiger charge is 2.32. The van der Waals surface area contributed by atoms with E-state index < -0.39 is 0 Å². The third-order valence-corrected chi connectivity index (χ3v) is 5.76. The van der Waals surface area contributed by atoms with Gasteiger partial charge in [-0.15, -0.1) is 0 Å². The van der Waals surface area contributed by atoms with E-state index in [0.717, 1.165) is 47.6 Å². The van der Waals surface area contributed by atoms with E-state index in [9.17, 15) is 4.79 Å². The number of fused-ring (bicyclic) bond motifs is 1. The molecular weight excluding hydrogens is 362 g/mol. The van der Waals surface area contributed by atoms with Crippen molar-refractivity contribution in [2.24, 2.45) is 0 Å². The van der Waals surface area contributed by atoms with Gasteiger partial charge in [-0.2, -0.15) is 0 Å². The van der Waals surface area contributed by atoms with Crippen molar-refractivity contribution in [2.45, 2.75) is 52.6 Å². The Labute approximate surface area is 172 Å². The lowest BCUT2D eigenvalue weighted by Gasteiger charge is -2.25. The summed E-state index contributed by atoms with van der Waals surface area (Å²) in [6.45, 7) is 8.18. The molecule has 1 aromatic heterocycles. The summed E-state index contributed by atoms with van der Waals surface area (Å²) in [7, 11) is 0. The van der Waals surface area contributed by atoms with E-state index in [-0.39, 0.29) is 11.9 Å². The van der Waals surface area contributed by atoms with Gasteiger partial charge < -0.3 is 14.2 Å². The second-order valence-corrected chi connectivity index (χ2v) is 7.83. The minimum absolute atomic E-state index is 0.0518. The number of aryl methyl sites for hydroxylation is 2. The SMILES string of the molecule is CCC(=O)N1CCC[C@@H]1c1nc2ccccc2n1CCOc1ccc(C)cc1C. The van der Waals surface area contributed by atoms with Crippen LogP contribution in [0.4, 0.5) is 0 Å². The zero-order chi connectivity index (χ0) is 20.4. The summed E-state index contributed by atoms with van der Waals surface area (Å²) in [6.07, 6.45) is 2.53. The van der Waals surface area contributed by atoms with Crippen LogP contribution in [0.15, 0.2) is 42.5 Å². The fraction of sp³-hybridized carbons (Fsp3) is 0.417. The van der Waals surface area contributed by atoms with Crippen LogP contribution in [-0.2, 0) is 11.3 Å². The first kappa shape index (κ1) is 19.5. The molecule has 5 nitrogen and oxygen atoms in total. The van der Waals surface area contributed by atoms with Crippen molar-refractivity contribution >= 4 is 16.9 Å². The Morgan fingerprint density at radius 1 is 1.21 bits per heavy atom. The third kappa shape index (κ3) is 3.86. The molecule has 1 aliphatic rings. The van der Waals surface area contributed by atoms with Gasteiger partial charge in [-0.3, -0.25) is 4.79 Å². The Bertz CT molecular complexity index is 1020. The number of rotatable bonds is 6. The maximum absolute atomic E-state index is 12.5. The average molecular weight is 392 g/mol. The van der Waals surface area contributed by atoms with Crippen LogP contribution >= 0.6 is 0 Å². The molecule has 1 atom stereocenters. The van der Waals surface area contributed by atoms with Gasteiger partial charge in [0, 0.05) is 13.0 Å². The largest absolute Gasteiger partial charge is 0.491 e. The molecule has 152 valence electrons. The number of likely N-dealkylation sites (tertiary alicyclic amines) is 1. The molecule has 1 saturated heterocycles. The Morgan fingerprint density at radius 3 is 2.83 bits per heavy atom. The first-order chi connectivity index (χ1) is 14.1. The Kier molecular flexibility index (Phi) is 5.56. The number of imidazole rings is 1. The maximum atomic E-state index is 12.5. The molecule has 0 spiro atoms. The summed E-state index contributed by atoms with van der Waals surface area (Å²) >= 11 is 0. The summed E-state index contributed by atoms with van der Waals surface area (Å²) in [4.78, 5) is 19.4. The van der Waals surface area contributed by atoms with Crippen molar-refractivity contribution in [1.29, 1.82) is 0 Å². The highest BCUT2D eigenvalue weighted by atomic mass is 16.5. The highest BCUT2D eigenvalue weighted by molar-refractivity contribution is 5.78. The predicted octanol–water partition coefficient (Wildman–Crippen LogP) is 4.81. The van der Waals surface area contributed by atoms with E-state index in [1.165, 1.54) is 5.56 Å². The first-order valence-corrected chi connectivity index (χ1v) is 10.5. The molecular formula is C24H29N3O2. The lowest BCUT2D eigenvalue weighted by atomic mass is 10.1. The number of nitrogens with zero attached hydrogens (tertiary/aromatic N) is 3. The fourth-order valence-electron chi connectivity index (χ4n) is 4.33. The minimum atomic E-state index is 0.0518. The minimum Gasteiger partial charge on any atom is -0.491 e. The lowest BCUT2D eigenvalue weighted by molar-refractivity contribution is -0.131. The Hall–Kier alpha value is -2.82. The molecule has 0 N–H and O–H groups in total. The fourth-order valence-corrected chi connectivity index (χ4v) is 4.33. The normalized spacial score (nSPS) is 16.5. The van der Waals surface area contributed by atoms with Crippen molar-refractivity contribution < 1.29 is 9.53 Å². The highest BCUT2D eigenvalue weighted by Crippen LogP contribution is 2.34. The van der Waals surface area contributed by atoms with E-state index in [4.69, 9.17) is 9.72 Å². The van der Waals surface area contributed by atoms with Gasteiger partial charge in [0.1, 0.15) is 18.2 Å². The zero-order valence-corrected chi connectivity index (χ0v) is 17.5. The van der Waals surface area contributed by atoms with E-state index in [1.54, 1.807) is 0 Å². The van der Waals surface area contributed by atoms with Crippen molar-refractivity contribution in [3.8, 4) is 5.75 Å². The third-order valence-electron chi connectivity index (χ3n) is 5.76. The van der Waals surface area contributed by atoms with Crippen LogP contribution in [-0.4, -0.2) is 33.5 Å². The molecule has 1 aliphatic heterocycles. The van der Waals surface area contributed by atoms with Gasteiger partial charge in [0.15, 0.2) is 0 Å². The van der Waals surface area contributed by atoms with Gasteiger partial charge >= 0.3 is 0 Å². The molecule has 4 rings (SSSR count). The molecule has 0 bridgehead atoms. The van der Waals surface area contributed by atoms with E-state index in [0.29, 0.717) is 19.6 Å². The first-order valence-electron chi connectivity index (χ1n) is 10.5. The summed E-state index contributed by atoms with van der Waals surface area (Å²) < 4.78 is 8.34. The average Bonchev–Trinajstić information content (AvgIpc) is 3.34. The number of ether oxygens (including phenoxy) is 1. The quantitative estimate of drug-likeness (QED) is 0.606. The van der Waals surface area contributed by atoms with Crippen molar-refractivity contribution in [2.75, 3.05) is 13.2 Å². The number of hydrogen-bond donors (Lipinski definition) is 0. The molecule has 29 heavy (non-hydrogen) atoms. The van der Waals surface area contributed by atoms with Gasteiger partial charge in [0.25, 0.3) is 0 Å². The summed E-state index contributed by atoms with van der Waals surface area (Å²) in [5.74, 6) is 2.11. The second-order valence-electron chi connectivity index (χ2n) is 7.83. The molecule has 0 radical (unpaired) electrons. The van der Waals surface area contributed by atoms with Crippen molar-refractivity contribution in [3.63, 3.8) is 0 Å². The van der Waals surface area contributed by atoms with Crippen LogP contribution < -0.4 is 4.74 Å². The number of benzene rings is 2.